The van der Waals surface area contributed by atoms with Gasteiger partial charge in [-0.1, -0.05) is 105 Å². The molecule has 7 rings (SSSR count). The van der Waals surface area contributed by atoms with E-state index in [0.717, 1.165) is 50.0 Å². The molecule has 0 N–H and O–H groups in total. The number of hydrogen-bond donors (Lipinski definition) is 0. The van der Waals surface area contributed by atoms with Crippen molar-refractivity contribution >= 4 is 35.2 Å². The summed E-state index contributed by atoms with van der Waals surface area (Å²) in [5.74, 6) is 0.444. The summed E-state index contributed by atoms with van der Waals surface area (Å²) in [5.41, 5.74) is 10.9. The molecule has 4 aromatic carbocycles. The molecule has 241 valence electrons. The number of nitrogens with zero attached hydrogens (tertiary/aromatic N) is 3. The van der Waals surface area contributed by atoms with Crippen molar-refractivity contribution in [2.24, 2.45) is 0 Å². The van der Waals surface area contributed by atoms with Gasteiger partial charge in [0.25, 0.3) is 0 Å². The van der Waals surface area contributed by atoms with Crippen LogP contribution < -0.4 is 5.19 Å². The number of benzene rings is 4. The van der Waals surface area contributed by atoms with Gasteiger partial charge in [0.2, 0.25) is 0 Å². The number of aryl methyl sites for hydroxylation is 1. The molecule has 0 amide bonds. The van der Waals surface area contributed by atoms with E-state index in [9.17, 15) is 0 Å². The molecule has 0 saturated heterocycles. The van der Waals surface area contributed by atoms with E-state index >= 15 is 0 Å². The molecule has 0 atom stereocenters. The normalized spacial score (nSPS) is 11.1. The minimum atomic E-state index is -1.29. The summed E-state index contributed by atoms with van der Waals surface area (Å²) in [6.45, 7) is 13.4. The maximum atomic E-state index is 8.74. The van der Waals surface area contributed by atoms with Crippen LogP contribution in [0.3, 0.4) is 0 Å². The molecule has 1 radical (unpaired) electrons. The van der Waals surface area contributed by atoms with Gasteiger partial charge in [-0.05, 0) is 63.3 Å². The maximum absolute atomic E-state index is 8.74. The third-order valence-corrected chi connectivity index (χ3v) is 10.4. The number of aromatic nitrogens is 2. The van der Waals surface area contributed by atoms with Crippen molar-refractivity contribution in [3.05, 3.63) is 138 Å². The molecule has 0 unspecified atom stereocenters. The van der Waals surface area contributed by atoms with Gasteiger partial charge in [-0.25, -0.2) is 5.26 Å². The first-order valence-corrected chi connectivity index (χ1v) is 19.4. The minimum Gasteiger partial charge on any atom is -0.501 e. The molecule has 7 aromatic rings. The van der Waals surface area contributed by atoms with Crippen LogP contribution in [-0.4, -0.2) is 18.0 Å². The summed E-state index contributed by atoms with van der Waals surface area (Å²) in [7, 11) is -1.29. The van der Waals surface area contributed by atoms with E-state index in [4.69, 9.17) is 9.68 Å². The zero-order valence-electron chi connectivity index (χ0n) is 28.1. The van der Waals surface area contributed by atoms with Gasteiger partial charge in [-0.2, -0.15) is 0 Å². The second kappa shape index (κ2) is 14.6. The van der Waals surface area contributed by atoms with Crippen molar-refractivity contribution < 1.29 is 24.5 Å². The third-order valence-electron chi connectivity index (χ3n) is 8.41. The van der Waals surface area contributed by atoms with Crippen molar-refractivity contribution in [3.8, 4) is 39.7 Å². The monoisotopic (exact) mass is 820 g/mol. The Labute approximate surface area is 297 Å². The predicted molar refractivity (Wildman–Crippen MR) is 196 cm³/mol. The number of pyridine rings is 2. The van der Waals surface area contributed by atoms with E-state index in [0.29, 0.717) is 11.5 Å². The number of furan rings is 1. The molecule has 0 aliphatic heterocycles. The largest absolute Gasteiger partial charge is 0.501 e. The molecular weight excluding hydrogens is 783 g/mol. The zero-order valence-corrected chi connectivity index (χ0v) is 31.4. The third kappa shape index (κ3) is 7.40. The number of hydrogen-bond acceptors (Lipinski definition) is 4. The van der Waals surface area contributed by atoms with Gasteiger partial charge in [0, 0.05) is 44.0 Å². The first-order chi connectivity index (χ1) is 22.6. The van der Waals surface area contributed by atoms with Gasteiger partial charge < -0.3 is 14.4 Å². The Morgan fingerprint density at radius 1 is 0.792 bits per heavy atom. The molecule has 0 saturated carbocycles. The Hall–Kier alpha value is -4.66. The summed E-state index contributed by atoms with van der Waals surface area (Å²) >= 11 is 0. The Balaban J connectivity index is 0.000000205. The van der Waals surface area contributed by atoms with Crippen LogP contribution in [-0.2, 0) is 20.1 Å². The van der Waals surface area contributed by atoms with Crippen molar-refractivity contribution in [1.29, 1.82) is 5.26 Å². The van der Waals surface area contributed by atoms with Gasteiger partial charge >= 0.3 is 0 Å². The van der Waals surface area contributed by atoms with Crippen molar-refractivity contribution in [3.63, 3.8) is 0 Å². The quantitative estimate of drug-likeness (QED) is 0.128. The average molecular weight is 820 g/mol. The predicted octanol–water partition coefficient (Wildman–Crippen LogP) is 10.5. The second-order valence-electron chi connectivity index (χ2n) is 13.1. The molecule has 3 heterocycles. The molecular formula is C42H37IrN3OSi-2. The molecule has 48 heavy (non-hydrogen) atoms. The fourth-order valence-corrected chi connectivity index (χ4v) is 6.73. The Morgan fingerprint density at radius 2 is 1.56 bits per heavy atom. The summed E-state index contributed by atoms with van der Waals surface area (Å²) in [6.07, 6.45) is 3.92. The Bertz CT molecular complexity index is 2210. The zero-order chi connectivity index (χ0) is 33.1. The van der Waals surface area contributed by atoms with Crippen LogP contribution in [0, 0.1) is 30.4 Å². The fraction of sp³-hybridized carbons (Fsp3) is 0.167. The molecule has 4 nitrogen and oxygen atoms in total. The number of rotatable bonds is 5. The number of fused-ring (bicyclic) bond motifs is 3. The van der Waals surface area contributed by atoms with E-state index in [2.05, 4.69) is 129 Å². The summed E-state index contributed by atoms with van der Waals surface area (Å²) < 4.78 is 6.36. The summed E-state index contributed by atoms with van der Waals surface area (Å²) in [5, 5.41) is 12.3. The molecule has 0 spiro atoms. The molecule has 0 fully saturated rings. The first kappa shape index (κ1) is 34.7. The van der Waals surface area contributed by atoms with Crippen molar-refractivity contribution in [1.82, 2.24) is 9.97 Å². The van der Waals surface area contributed by atoms with Crippen LogP contribution >= 0.6 is 0 Å². The topological polar surface area (TPSA) is 62.7 Å². The van der Waals surface area contributed by atoms with Crippen molar-refractivity contribution in [2.75, 3.05) is 0 Å². The smallest absolute Gasteiger partial charge is 0.121 e. The van der Waals surface area contributed by atoms with Gasteiger partial charge in [-0.3, -0.25) is 0 Å². The molecule has 0 aliphatic carbocycles. The minimum absolute atomic E-state index is 0. The van der Waals surface area contributed by atoms with Crippen LogP contribution in [0.5, 0.6) is 0 Å². The maximum Gasteiger partial charge on any atom is 0.121 e. The first-order valence-electron chi connectivity index (χ1n) is 15.9. The van der Waals surface area contributed by atoms with Crippen LogP contribution in [0.2, 0.25) is 19.6 Å². The van der Waals surface area contributed by atoms with E-state index in [1.165, 1.54) is 21.9 Å². The molecule has 6 heteroatoms. The molecule has 3 aromatic heterocycles. The number of nitriles is 1. The van der Waals surface area contributed by atoms with Gasteiger partial charge in [0.15, 0.2) is 0 Å². The van der Waals surface area contributed by atoms with Gasteiger partial charge in [-0.15, -0.1) is 48.0 Å². The van der Waals surface area contributed by atoms with Crippen LogP contribution in [0.1, 0.15) is 36.5 Å². The SMILES string of the molecule is C[Si](C)(C)c1ccc(-c2[c-]cc(C#N)cc2)nc1.Cc1cnc(-c2[c-]ccc3c2oc2cc(-c4ccccc4)ccc23)cc1C(C)C.[Ir]. The van der Waals surface area contributed by atoms with Crippen molar-refractivity contribution in [2.45, 2.75) is 46.3 Å². The molecule has 0 aliphatic rings. The average Bonchev–Trinajstić information content (AvgIpc) is 3.47. The Kier molecular flexibility index (Phi) is 10.6. The second-order valence-corrected chi connectivity index (χ2v) is 18.2. The Morgan fingerprint density at radius 3 is 2.21 bits per heavy atom. The summed E-state index contributed by atoms with van der Waals surface area (Å²) in [4.78, 5) is 9.18. The van der Waals surface area contributed by atoms with E-state index in [1.54, 1.807) is 12.1 Å². The summed E-state index contributed by atoms with van der Waals surface area (Å²) in [6, 6.07) is 41.1. The molecule has 0 bridgehead atoms. The van der Waals surface area contributed by atoms with E-state index in [-0.39, 0.29) is 20.1 Å². The van der Waals surface area contributed by atoms with Crippen LogP contribution in [0.25, 0.3) is 55.6 Å². The van der Waals surface area contributed by atoms with Crippen LogP contribution in [0.15, 0.2) is 114 Å². The van der Waals surface area contributed by atoms with E-state index < -0.39 is 8.07 Å². The fourth-order valence-electron chi connectivity index (χ4n) is 5.69. The van der Waals surface area contributed by atoms with Gasteiger partial charge in [0.1, 0.15) is 5.58 Å². The van der Waals surface area contributed by atoms with Gasteiger partial charge in [0.05, 0.1) is 13.7 Å². The van der Waals surface area contributed by atoms with Crippen LogP contribution in [0.4, 0.5) is 0 Å². The standard InChI is InChI=1S/C27H22NO.C15H15N2Si.Ir/c1-17(2)24-15-25(28-16-18(24)3)23-11-7-10-22-21-13-12-20(14-26(21)29-27(22)23)19-8-5-4-6-9-19;1-18(2,3)14-8-9-15(17-11-14)13-6-4-12(10-16)5-7-13;/h4-10,12-17H,1-3H3;4-6,8-9,11H,1-3H3;/q2*-1;. The van der Waals surface area contributed by atoms with E-state index in [1.807, 2.05) is 36.7 Å².